The molecule has 0 spiro atoms. The average Bonchev–Trinajstić information content (AvgIpc) is 3.06. The molecule has 2 rings (SSSR count). The molecule has 0 bridgehead atoms. The van der Waals surface area contributed by atoms with E-state index in [9.17, 15) is 13.5 Å². The van der Waals surface area contributed by atoms with Crippen molar-refractivity contribution in [1.82, 2.24) is 15.4 Å². The number of hydrogen-bond donors (Lipinski definition) is 4. The van der Waals surface area contributed by atoms with Crippen LogP contribution in [0.4, 0.5) is 0 Å². The fourth-order valence-electron chi connectivity index (χ4n) is 2.56. The normalized spacial score (nSPS) is 17.5. The van der Waals surface area contributed by atoms with Crippen LogP contribution in [0.15, 0.2) is 22.5 Å². The van der Waals surface area contributed by atoms with E-state index in [1.54, 1.807) is 6.92 Å². The maximum absolute atomic E-state index is 12.0. The lowest BCUT2D eigenvalue weighted by molar-refractivity contribution is 0.0711. The number of thiophene rings is 1. The van der Waals surface area contributed by atoms with Crippen molar-refractivity contribution >= 4 is 51.3 Å². The molecule has 0 saturated heterocycles. The van der Waals surface area contributed by atoms with Gasteiger partial charge >= 0.3 is 0 Å². The number of nitrogens with zero attached hydrogens (tertiary/aromatic N) is 1. The minimum absolute atomic E-state index is 0. The van der Waals surface area contributed by atoms with Crippen LogP contribution in [0, 0.1) is 5.92 Å². The molecule has 1 unspecified atom stereocenters. The Kier molecular flexibility index (Phi) is 10.5. The Morgan fingerprint density at radius 3 is 2.70 bits per heavy atom. The van der Waals surface area contributed by atoms with E-state index in [4.69, 9.17) is 0 Å². The number of halogens is 1. The lowest BCUT2D eigenvalue weighted by Gasteiger charge is -2.25. The quantitative estimate of drug-likeness (QED) is 0.210. The predicted octanol–water partition coefficient (Wildman–Crippen LogP) is 1.85. The van der Waals surface area contributed by atoms with Gasteiger partial charge in [0, 0.05) is 24.5 Å². The fourth-order valence-corrected chi connectivity index (χ4v) is 4.34. The summed E-state index contributed by atoms with van der Waals surface area (Å²) in [5.74, 6) is 0.987. The van der Waals surface area contributed by atoms with Crippen molar-refractivity contribution in [3.05, 3.63) is 22.4 Å². The van der Waals surface area contributed by atoms with Crippen molar-refractivity contribution in [3.8, 4) is 0 Å². The molecule has 1 aromatic heterocycles. The van der Waals surface area contributed by atoms with Crippen LogP contribution < -0.4 is 15.4 Å². The van der Waals surface area contributed by atoms with Crippen LogP contribution >= 0.6 is 35.3 Å². The molecular weight excluding hydrogens is 499 g/mol. The summed E-state index contributed by atoms with van der Waals surface area (Å²) in [6.45, 7) is 5.30. The van der Waals surface area contributed by atoms with E-state index in [0.717, 1.165) is 17.7 Å². The van der Waals surface area contributed by atoms with E-state index in [1.807, 2.05) is 24.4 Å². The van der Waals surface area contributed by atoms with Gasteiger partial charge in [-0.15, -0.1) is 35.3 Å². The van der Waals surface area contributed by atoms with Gasteiger partial charge in [-0.25, -0.2) is 18.1 Å². The Morgan fingerprint density at radius 2 is 2.15 bits per heavy atom. The standard InChI is InChI=1S/C17H30N4O3S2.HI/c1-3-18-16(20-13-17(2,22)15-8-5-10-25-15)19-9-11-26(23,24)21-12-14-6-4-7-14;/h5,8,10,14,21-22H,3-4,6-7,9,11-13H2,1-2H3,(H2,18,19,20);1H. The van der Waals surface area contributed by atoms with E-state index < -0.39 is 15.6 Å². The number of guanidine groups is 1. The van der Waals surface area contributed by atoms with Crippen LogP contribution in [-0.2, 0) is 15.6 Å². The van der Waals surface area contributed by atoms with E-state index in [0.29, 0.717) is 25.0 Å². The number of nitrogens with one attached hydrogen (secondary N) is 3. The minimum atomic E-state index is -3.29. The Balaban J connectivity index is 0.00000364. The number of sulfonamides is 1. The second kappa shape index (κ2) is 11.5. The molecule has 0 amide bonds. The first-order chi connectivity index (χ1) is 12.3. The first-order valence-electron chi connectivity index (χ1n) is 9.08. The molecular formula is C17H31IN4O3S2. The number of aliphatic hydroxyl groups is 1. The molecule has 1 heterocycles. The van der Waals surface area contributed by atoms with Gasteiger partial charge in [0.2, 0.25) is 10.0 Å². The Labute approximate surface area is 183 Å². The van der Waals surface area contributed by atoms with Crippen LogP contribution in [-0.4, -0.2) is 51.4 Å². The zero-order valence-corrected chi connectivity index (χ0v) is 19.9. The first kappa shape index (κ1) is 24.6. The fraction of sp³-hybridized carbons (Fsp3) is 0.706. The van der Waals surface area contributed by atoms with Gasteiger partial charge in [-0.3, -0.25) is 0 Å². The summed E-state index contributed by atoms with van der Waals surface area (Å²) < 4.78 is 26.7. The van der Waals surface area contributed by atoms with Crippen LogP contribution in [0.2, 0.25) is 0 Å². The molecule has 1 fully saturated rings. The number of aliphatic imine (C=N–C) groups is 1. The molecule has 1 saturated carbocycles. The molecule has 7 nitrogen and oxygen atoms in total. The first-order valence-corrected chi connectivity index (χ1v) is 11.6. The molecule has 1 aromatic rings. The second-order valence-electron chi connectivity index (χ2n) is 6.84. The van der Waals surface area contributed by atoms with Crippen molar-refractivity contribution < 1.29 is 13.5 Å². The zero-order valence-electron chi connectivity index (χ0n) is 15.9. The van der Waals surface area contributed by atoms with Gasteiger partial charge in [-0.1, -0.05) is 12.5 Å². The number of rotatable bonds is 10. The Morgan fingerprint density at radius 1 is 1.41 bits per heavy atom. The SMILES string of the molecule is CCNC(=NCC(C)(O)c1cccs1)NCCS(=O)(=O)NCC1CCC1.I. The third kappa shape index (κ3) is 8.63. The highest BCUT2D eigenvalue weighted by Crippen LogP contribution is 2.26. The van der Waals surface area contributed by atoms with Gasteiger partial charge in [0.15, 0.2) is 5.96 Å². The van der Waals surface area contributed by atoms with Crippen LogP contribution in [0.25, 0.3) is 0 Å². The lowest BCUT2D eigenvalue weighted by Crippen LogP contribution is -2.42. The van der Waals surface area contributed by atoms with Crippen LogP contribution in [0.3, 0.4) is 0 Å². The third-order valence-electron chi connectivity index (χ3n) is 4.42. The molecule has 10 heteroatoms. The summed E-state index contributed by atoms with van der Waals surface area (Å²) in [7, 11) is -3.29. The maximum Gasteiger partial charge on any atom is 0.213 e. The highest BCUT2D eigenvalue weighted by Gasteiger charge is 2.24. The van der Waals surface area contributed by atoms with Gasteiger partial charge in [0.1, 0.15) is 5.60 Å². The minimum Gasteiger partial charge on any atom is -0.383 e. The molecule has 1 aliphatic rings. The monoisotopic (exact) mass is 530 g/mol. The summed E-state index contributed by atoms with van der Waals surface area (Å²) in [5.41, 5.74) is -1.05. The lowest BCUT2D eigenvalue weighted by atomic mass is 9.86. The predicted molar refractivity (Wildman–Crippen MR) is 122 cm³/mol. The van der Waals surface area contributed by atoms with Gasteiger partial charge < -0.3 is 15.7 Å². The number of hydrogen-bond acceptors (Lipinski definition) is 5. The average molecular weight is 530 g/mol. The Hall–Kier alpha value is -0.430. The molecule has 0 aromatic carbocycles. The summed E-state index contributed by atoms with van der Waals surface area (Å²) >= 11 is 1.48. The van der Waals surface area contributed by atoms with Crippen molar-refractivity contribution in [2.45, 2.75) is 38.7 Å². The molecule has 1 aliphatic carbocycles. The topological polar surface area (TPSA) is 103 Å². The smallest absolute Gasteiger partial charge is 0.213 e. The molecule has 4 N–H and O–H groups in total. The van der Waals surface area contributed by atoms with E-state index in [1.165, 1.54) is 17.8 Å². The van der Waals surface area contributed by atoms with Gasteiger partial charge in [-0.2, -0.15) is 0 Å². The second-order valence-corrected chi connectivity index (χ2v) is 9.71. The summed E-state index contributed by atoms with van der Waals surface area (Å²) in [4.78, 5) is 5.24. The maximum atomic E-state index is 12.0. The molecule has 0 aliphatic heterocycles. The summed E-state index contributed by atoms with van der Waals surface area (Å²) in [5, 5.41) is 18.5. The molecule has 156 valence electrons. The van der Waals surface area contributed by atoms with E-state index >= 15 is 0 Å². The molecule has 27 heavy (non-hydrogen) atoms. The van der Waals surface area contributed by atoms with Gasteiger partial charge in [0.25, 0.3) is 0 Å². The van der Waals surface area contributed by atoms with Crippen molar-refractivity contribution in [2.24, 2.45) is 10.9 Å². The third-order valence-corrected chi connectivity index (χ3v) is 6.89. The van der Waals surface area contributed by atoms with Gasteiger partial charge in [-0.05, 0) is 44.1 Å². The molecule has 1 atom stereocenters. The largest absolute Gasteiger partial charge is 0.383 e. The van der Waals surface area contributed by atoms with Gasteiger partial charge in [0.05, 0.1) is 12.3 Å². The van der Waals surface area contributed by atoms with E-state index in [2.05, 4.69) is 20.3 Å². The van der Waals surface area contributed by atoms with Crippen LogP contribution in [0.5, 0.6) is 0 Å². The highest BCUT2D eigenvalue weighted by molar-refractivity contribution is 14.0. The van der Waals surface area contributed by atoms with Crippen molar-refractivity contribution in [2.75, 3.05) is 31.9 Å². The summed E-state index contributed by atoms with van der Waals surface area (Å²) in [6.07, 6.45) is 3.43. The van der Waals surface area contributed by atoms with Crippen LogP contribution in [0.1, 0.15) is 38.0 Å². The van der Waals surface area contributed by atoms with E-state index in [-0.39, 0.29) is 42.8 Å². The zero-order chi connectivity index (χ0) is 19.0. The summed E-state index contributed by atoms with van der Waals surface area (Å²) in [6, 6.07) is 3.77. The highest BCUT2D eigenvalue weighted by atomic mass is 127. The van der Waals surface area contributed by atoms with Crippen molar-refractivity contribution in [3.63, 3.8) is 0 Å². The molecule has 0 radical (unpaired) electrons. The van der Waals surface area contributed by atoms with Crippen molar-refractivity contribution in [1.29, 1.82) is 0 Å². The Bertz CT molecular complexity index is 674.